The highest BCUT2D eigenvalue weighted by Gasteiger charge is 2.16. The van der Waals surface area contributed by atoms with Crippen molar-refractivity contribution in [2.24, 2.45) is 10.8 Å². The van der Waals surface area contributed by atoms with Crippen molar-refractivity contribution in [2.45, 2.75) is 0 Å². The SMILES string of the molecule is NC(=O)COc1ccc(C=Nn2c(-c3cc4ccccc4o3)nc3ccccc3c2=O)cc1Br. The zero-order valence-corrected chi connectivity index (χ0v) is 19.2. The van der Waals surface area contributed by atoms with Crippen molar-refractivity contribution < 1.29 is 13.9 Å². The third kappa shape index (κ3) is 4.20. The third-order valence-electron chi connectivity index (χ3n) is 5.05. The van der Waals surface area contributed by atoms with Gasteiger partial charge in [-0.3, -0.25) is 9.59 Å². The first kappa shape index (κ1) is 21.6. The second-order valence-corrected chi connectivity index (χ2v) is 8.26. The van der Waals surface area contributed by atoms with Crippen LogP contribution < -0.4 is 16.0 Å². The molecule has 0 bridgehead atoms. The normalized spacial score (nSPS) is 11.4. The largest absolute Gasteiger partial charge is 0.483 e. The van der Waals surface area contributed by atoms with Gasteiger partial charge < -0.3 is 14.9 Å². The van der Waals surface area contributed by atoms with Gasteiger partial charge in [0.25, 0.3) is 11.5 Å². The van der Waals surface area contributed by atoms with E-state index in [1.54, 1.807) is 36.4 Å². The summed E-state index contributed by atoms with van der Waals surface area (Å²) in [5.41, 5.74) is 6.73. The van der Waals surface area contributed by atoms with Crippen molar-refractivity contribution in [1.82, 2.24) is 9.66 Å². The van der Waals surface area contributed by atoms with Crippen LogP contribution in [0.25, 0.3) is 33.5 Å². The average Bonchev–Trinajstić information content (AvgIpc) is 3.27. The van der Waals surface area contributed by atoms with E-state index < -0.39 is 5.91 Å². The molecule has 0 spiro atoms. The number of halogens is 1. The molecule has 0 saturated carbocycles. The highest BCUT2D eigenvalue weighted by molar-refractivity contribution is 9.10. The van der Waals surface area contributed by atoms with Crippen molar-refractivity contribution in [3.8, 4) is 17.3 Å². The smallest absolute Gasteiger partial charge is 0.282 e. The minimum atomic E-state index is -0.571. The van der Waals surface area contributed by atoms with Crippen molar-refractivity contribution in [1.29, 1.82) is 0 Å². The Hall–Kier alpha value is -4.24. The number of aromatic nitrogens is 2. The van der Waals surface area contributed by atoms with Gasteiger partial charge in [-0.25, -0.2) is 4.98 Å². The van der Waals surface area contributed by atoms with E-state index in [0.29, 0.717) is 38.0 Å². The Morgan fingerprint density at radius 2 is 1.91 bits per heavy atom. The highest BCUT2D eigenvalue weighted by Crippen LogP contribution is 2.28. The van der Waals surface area contributed by atoms with Gasteiger partial charge in [0.1, 0.15) is 11.3 Å². The number of fused-ring (bicyclic) bond motifs is 2. The molecule has 2 aromatic heterocycles. The van der Waals surface area contributed by atoms with Crippen LogP contribution in [-0.4, -0.2) is 28.4 Å². The van der Waals surface area contributed by atoms with E-state index >= 15 is 0 Å². The number of nitrogens with two attached hydrogens (primary N) is 1. The average molecular weight is 517 g/mol. The molecule has 0 unspecified atom stereocenters. The topological polar surface area (TPSA) is 113 Å². The van der Waals surface area contributed by atoms with Gasteiger partial charge >= 0.3 is 0 Å². The first-order valence-electron chi connectivity index (χ1n) is 10.3. The maximum absolute atomic E-state index is 13.3. The summed E-state index contributed by atoms with van der Waals surface area (Å²) in [5, 5.41) is 5.77. The van der Waals surface area contributed by atoms with E-state index in [0.717, 1.165) is 5.39 Å². The summed E-state index contributed by atoms with van der Waals surface area (Å²) in [4.78, 5) is 28.9. The summed E-state index contributed by atoms with van der Waals surface area (Å²) < 4.78 is 13.2. The molecule has 9 heteroatoms. The molecule has 5 aromatic rings. The second kappa shape index (κ2) is 8.95. The fourth-order valence-corrected chi connectivity index (χ4v) is 3.98. The molecule has 0 aliphatic carbocycles. The summed E-state index contributed by atoms with van der Waals surface area (Å²) in [7, 11) is 0. The van der Waals surface area contributed by atoms with Gasteiger partial charge in [0.05, 0.1) is 21.6 Å². The molecular weight excluding hydrogens is 500 g/mol. The van der Waals surface area contributed by atoms with E-state index in [4.69, 9.17) is 14.9 Å². The number of primary amides is 1. The first-order valence-corrected chi connectivity index (χ1v) is 11.0. The van der Waals surface area contributed by atoms with E-state index in [1.165, 1.54) is 10.9 Å². The molecule has 0 saturated heterocycles. The lowest BCUT2D eigenvalue weighted by Crippen LogP contribution is -2.20. The second-order valence-electron chi connectivity index (χ2n) is 7.41. The number of rotatable bonds is 6. The Morgan fingerprint density at radius 1 is 1.12 bits per heavy atom. The maximum atomic E-state index is 13.3. The number of furan rings is 1. The van der Waals surface area contributed by atoms with Gasteiger partial charge in [0.15, 0.2) is 12.4 Å². The fraction of sp³-hybridized carbons (Fsp3) is 0.0400. The molecule has 34 heavy (non-hydrogen) atoms. The van der Waals surface area contributed by atoms with E-state index in [2.05, 4.69) is 26.0 Å². The Balaban J connectivity index is 1.60. The molecule has 8 nitrogen and oxygen atoms in total. The van der Waals surface area contributed by atoms with E-state index in [9.17, 15) is 9.59 Å². The third-order valence-corrected chi connectivity index (χ3v) is 5.67. The van der Waals surface area contributed by atoms with Crippen molar-refractivity contribution in [2.75, 3.05) is 6.61 Å². The summed E-state index contributed by atoms with van der Waals surface area (Å²) in [5.74, 6) is 0.608. The number of nitrogens with zero attached hydrogens (tertiary/aromatic N) is 3. The van der Waals surface area contributed by atoms with E-state index in [1.807, 2.05) is 36.4 Å². The molecule has 3 aromatic carbocycles. The van der Waals surface area contributed by atoms with Crippen molar-refractivity contribution in [3.05, 3.63) is 93.2 Å². The molecule has 0 aliphatic heterocycles. The molecule has 2 heterocycles. The molecule has 1 amide bonds. The first-order chi connectivity index (χ1) is 16.5. The Labute approximate surface area is 201 Å². The zero-order chi connectivity index (χ0) is 23.7. The number of amides is 1. The number of ether oxygens (including phenoxy) is 1. The molecule has 168 valence electrons. The number of hydrogen-bond donors (Lipinski definition) is 1. The summed E-state index contributed by atoms with van der Waals surface area (Å²) >= 11 is 3.41. The van der Waals surface area contributed by atoms with Crippen LogP contribution in [0.2, 0.25) is 0 Å². The fourth-order valence-electron chi connectivity index (χ4n) is 3.47. The quantitative estimate of drug-likeness (QED) is 0.337. The molecule has 0 fully saturated rings. The predicted molar refractivity (Wildman–Crippen MR) is 133 cm³/mol. The van der Waals surface area contributed by atoms with Crippen LogP contribution in [0, 0.1) is 0 Å². The van der Waals surface area contributed by atoms with Crippen LogP contribution in [0.15, 0.2) is 91.6 Å². The van der Waals surface area contributed by atoms with Gasteiger partial charge in [-0.05, 0) is 64.0 Å². The molecule has 5 rings (SSSR count). The monoisotopic (exact) mass is 516 g/mol. The Bertz CT molecular complexity index is 1600. The predicted octanol–water partition coefficient (Wildman–Crippen LogP) is 4.32. The maximum Gasteiger partial charge on any atom is 0.282 e. The highest BCUT2D eigenvalue weighted by atomic mass is 79.9. The summed E-state index contributed by atoms with van der Waals surface area (Å²) in [6.07, 6.45) is 1.53. The van der Waals surface area contributed by atoms with Crippen molar-refractivity contribution >= 4 is 49.9 Å². The van der Waals surface area contributed by atoms with Crippen LogP contribution in [0.4, 0.5) is 0 Å². The lowest BCUT2D eigenvalue weighted by Gasteiger charge is -2.08. The number of benzene rings is 3. The summed E-state index contributed by atoms with van der Waals surface area (Å²) in [6, 6.07) is 21.7. The number of carbonyl (C=O) groups is 1. The van der Waals surface area contributed by atoms with Crippen LogP contribution in [-0.2, 0) is 4.79 Å². The van der Waals surface area contributed by atoms with E-state index in [-0.39, 0.29) is 18.0 Å². The lowest BCUT2D eigenvalue weighted by atomic mass is 10.2. The minimum absolute atomic E-state index is 0.231. The molecule has 0 aliphatic rings. The number of carbonyl (C=O) groups excluding carboxylic acids is 1. The number of hydrogen-bond acceptors (Lipinski definition) is 6. The van der Waals surface area contributed by atoms with Crippen molar-refractivity contribution in [3.63, 3.8) is 0 Å². The molecule has 2 N–H and O–H groups in total. The molecule has 0 radical (unpaired) electrons. The standard InChI is InChI=1S/C25H17BrN4O4/c26-18-11-15(9-10-21(18)33-14-23(27)31)13-28-30-24(22-12-16-5-1-4-8-20(16)34-22)29-19-7-3-2-6-17(19)25(30)32/h1-13H,14H2,(H2,27,31). The van der Waals surface area contributed by atoms with Gasteiger partial charge in [0.2, 0.25) is 5.82 Å². The minimum Gasteiger partial charge on any atom is -0.483 e. The van der Waals surface area contributed by atoms with Gasteiger partial charge in [-0.2, -0.15) is 9.78 Å². The van der Waals surface area contributed by atoms with Gasteiger partial charge in [0, 0.05) is 5.39 Å². The van der Waals surface area contributed by atoms with Gasteiger partial charge in [-0.1, -0.05) is 30.3 Å². The van der Waals surface area contributed by atoms with Crippen LogP contribution in [0.5, 0.6) is 5.75 Å². The van der Waals surface area contributed by atoms with Gasteiger partial charge in [-0.15, -0.1) is 0 Å². The Kier molecular flexibility index (Phi) is 5.69. The zero-order valence-electron chi connectivity index (χ0n) is 17.6. The summed E-state index contributed by atoms with van der Waals surface area (Å²) in [6.45, 7) is -0.231. The van der Waals surface area contributed by atoms with Crippen LogP contribution in [0.1, 0.15) is 5.56 Å². The van der Waals surface area contributed by atoms with Crippen LogP contribution >= 0.6 is 15.9 Å². The Morgan fingerprint density at radius 3 is 2.71 bits per heavy atom. The molecular formula is C25H17BrN4O4. The van der Waals surface area contributed by atoms with Crippen LogP contribution in [0.3, 0.4) is 0 Å². The molecule has 0 atom stereocenters. The lowest BCUT2D eigenvalue weighted by molar-refractivity contribution is -0.119. The number of para-hydroxylation sites is 2.